The van der Waals surface area contributed by atoms with E-state index in [1.165, 1.54) is 18.2 Å². The number of nitrogens with one attached hydrogen (secondary N) is 1. The van der Waals surface area contributed by atoms with Crippen LogP contribution in [0.25, 0.3) is 34.2 Å². The minimum Gasteiger partial charge on any atom is -0.480 e. The Morgan fingerprint density at radius 2 is 1.75 bits per heavy atom. The van der Waals surface area contributed by atoms with Gasteiger partial charge in [0.1, 0.15) is 17.6 Å². The summed E-state index contributed by atoms with van der Waals surface area (Å²) < 4.78 is 27.0. The van der Waals surface area contributed by atoms with Crippen LogP contribution in [0.2, 0.25) is 0 Å². The second-order valence-corrected chi connectivity index (χ2v) is 10.2. The molecule has 5 rings (SSSR count). The van der Waals surface area contributed by atoms with Crippen LogP contribution in [0.5, 0.6) is 0 Å². The Morgan fingerprint density at radius 3 is 2.45 bits per heavy atom. The molecule has 1 amide bonds. The third-order valence-electron chi connectivity index (χ3n) is 6.31. The Bertz CT molecular complexity index is 1710. The number of aromatic nitrogens is 2. The van der Waals surface area contributed by atoms with E-state index < -0.39 is 23.7 Å². The van der Waals surface area contributed by atoms with E-state index in [1.807, 2.05) is 50.2 Å². The molecule has 0 saturated carbocycles. The lowest BCUT2D eigenvalue weighted by atomic mass is 10.0. The highest BCUT2D eigenvalue weighted by Crippen LogP contribution is 2.28. The van der Waals surface area contributed by atoms with Gasteiger partial charge in [-0.05, 0) is 67.4 Å². The molecule has 0 aliphatic carbocycles. The van der Waals surface area contributed by atoms with E-state index >= 15 is 4.39 Å². The lowest BCUT2D eigenvalue weighted by molar-refractivity contribution is -0.139. The van der Waals surface area contributed by atoms with Gasteiger partial charge in [-0.3, -0.25) is 4.79 Å². The topological polar surface area (TPSA) is 118 Å². The summed E-state index contributed by atoms with van der Waals surface area (Å²) in [4.78, 5) is 29.0. The van der Waals surface area contributed by atoms with Crippen LogP contribution in [-0.4, -0.2) is 33.2 Å². The van der Waals surface area contributed by atoms with Crippen molar-refractivity contribution in [3.63, 3.8) is 0 Å². The van der Waals surface area contributed by atoms with E-state index in [1.54, 1.807) is 18.2 Å². The largest absolute Gasteiger partial charge is 0.480 e. The van der Waals surface area contributed by atoms with Crippen molar-refractivity contribution in [2.75, 3.05) is 0 Å². The van der Waals surface area contributed by atoms with Gasteiger partial charge in [0, 0.05) is 22.0 Å². The Balaban J connectivity index is 1.29. The van der Waals surface area contributed by atoms with Crippen LogP contribution >= 0.6 is 15.9 Å². The fourth-order valence-electron chi connectivity index (χ4n) is 4.09. The van der Waals surface area contributed by atoms with E-state index in [4.69, 9.17) is 8.94 Å². The number of halogens is 2. The number of rotatable bonds is 8. The maximum Gasteiger partial charge on any atom is 0.326 e. The zero-order chi connectivity index (χ0) is 28.4. The fourth-order valence-corrected chi connectivity index (χ4v) is 4.34. The number of hydrogen-bond donors (Lipinski definition) is 2. The summed E-state index contributed by atoms with van der Waals surface area (Å²) in [6.45, 7) is 3.89. The van der Waals surface area contributed by atoms with Gasteiger partial charge in [0.05, 0.1) is 5.56 Å². The maximum absolute atomic E-state index is 15.1. The molecule has 0 aliphatic rings. The molecule has 0 spiro atoms. The van der Waals surface area contributed by atoms with E-state index in [9.17, 15) is 14.7 Å². The van der Waals surface area contributed by atoms with Gasteiger partial charge in [0.25, 0.3) is 11.8 Å². The first kappa shape index (κ1) is 27.0. The van der Waals surface area contributed by atoms with Crippen molar-refractivity contribution in [1.82, 2.24) is 15.5 Å². The number of carboxylic acid groups (broad SMARTS) is 1. The molecule has 1 atom stereocenters. The van der Waals surface area contributed by atoms with Gasteiger partial charge < -0.3 is 19.4 Å². The van der Waals surface area contributed by atoms with Gasteiger partial charge >= 0.3 is 5.97 Å². The van der Waals surface area contributed by atoms with E-state index in [0.29, 0.717) is 16.9 Å². The number of aliphatic carboxylic acids is 1. The number of aryl methyl sites for hydroxylation is 2. The smallest absolute Gasteiger partial charge is 0.326 e. The van der Waals surface area contributed by atoms with Crippen LogP contribution in [0.3, 0.4) is 0 Å². The zero-order valence-electron chi connectivity index (χ0n) is 21.4. The maximum atomic E-state index is 15.1. The number of amides is 1. The number of nitrogens with zero attached hydrogens (tertiary/aromatic N) is 2. The minimum absolute atomic E-state index is 0.0303. The molecule has 1 unspecified atom stereocenters. The lowest BCUT2D eigenvalue weighted by Gasteiger charge is -2.14. The summed E-state index contributed by atoms with van der Waals surface area (Å²) >= 11 is 3.44. The number of benzene rings is 3. The Labute approximate surface area is 237 Å². The van der Waals surface area contributed by atoms with Crippen LogP contribution < -0.4 is 5.32 Å². The summed E-state index contributed by atoms with van der Waals surface area (Å²) in [6, 6.07) is 19.1. The highest BCUT2D eigenvalue weighted by Gasteiger charge is 2.24. The summed E-state index contributed by atoms with van der Waals surface area (Å²) in [5.74, 6) is -1.86. The number of furan rings is 1. The zero-order valence-corrected chi connectivity index (χ0v) is 23.0. The predicted octanol–water partition coefficient (Wildman–Crippen LogP) is 6.61. The lowest BCUT2D eigenvalue weighted by Crippen LogP contribution is -2.42. The van der Waals surface area contributed by atoms with Crippen LogP contribution in [-0.2, 0) is 11.2 Å². The first-order valence-corrected chi connectivity index (χ1v) is 13.1. The van der Waals surface area contributed by atoms with Crippen molar-refractivity contribution in [3.05, 3.63) is 106 Å². The number of carbonyl (C=O) groups is 2. The molecule has 202 valence electrons. The molecule has 0 aliphatic heterocycles. The van der Waals surface area contributed by atoms with E-state index in [2.05, 4.69) is 31.4 Å². The average molecular weight is 604 g/mol. The van der Waals surface area contributed by atoms with E-state index in [-0.39, 0.29) is 29.5 Å². The summed E-state index contributed by atoms with van der Waals surface area (Å²) in [5, 5.41) is 16.1. The summed E-state index contributed by atoms with van der Waals surface area (Å²) in [6.07, 6.45) is -0.153. The van der Waals surface area contributed by atoms with Crippen LogP contribution in [0, 0.1) is 19.7 Å². The number of hydrogen-bond acceptors (Lipinski definition) is 6. The Kier molecular flexibility index (Phi) is 7.61. The molecule has 8 nitrogen and oxygen atoms in total. The molecular weight excluding hydrogens is 581 g/mol. The molecule has 10 heteroatoms. The van der Waals surface area contributed by atoms with Crippen molar-refractivity contribution in [2.24, 2.45) is 0 Å². The predicted molar refractivity (Wildman–Crippen MR) is 149 cm³/mol. The van der Waals surface area contributed by atoms with Crippen molar-refractivity contribution < 1.29 is 28.0 Å². The minimum atomic E-state index is -1.32. The SMILES string of the molecule is Cc1ccc(-c2ccc(C(=O)NC(Cc3ccc(-c4noc(-c5ccc(Br)c(C)c5)n4)c(F)c3)C(=O)O)o2)cc1. The molecule has 0 radical (unpaired) electrons. The highest BCUT2D eigenvalue weighted by molar-refractivity contribution is 9.10. The molecule has 0 bridgehead atoms. The monoisotopic (exact) mass is 603 g/mol. The number of carboxylic acids is 1. The second kappa shape index (κ2) is 11.3. The normalized spacial score (nSPS) is 11.8. The second-order valence-electron chi connectivity index (χ2n) is 9.30. The summed E-state index contributed by atoms with van der Waals surface area (Å²) in [7, 11) is 0. The first-order chi connectivity index (χ1) is 19.2. The molecule has 2 N–H and O–H groups in total. The van der Waals surface area contributed by atoms with Crippen molar-refractivity contribution >= 4 is 27.8 Å². The Morgan fingerprint density at radius 1 is 1.00 bits per heavy atom. The highest BCUT2D eigenvalue weighted by atomic mass is 79.9. The van der Waals surface area contributed by atoms with Crippen molar-refractivity contribution in [2.45, 2.75) is 26.3 Å². The average Bonchev–Trinajstić information content (AvgIpc) is 3.61. The van der Waals surface area contributed by atoms with Crippen LogP contribution in [0.15, 0.2) is 86.2 Å². The molecule has 5 aromatic rings. The molecular formula is C30H23BrFN3O5. The van der Waals surface area contributed by atoms with Crippen LogP contribution in [0.4, 0.5) is 4.39 Å². The molecule has 2 aromatic heterocycles. The van der Waals surface area contributed by atoms with Crippen molar-refractivity contribution in [3.8, 4) is 34.2 Å². The van der Waals surface area contributed by atoms with E-state index in [0.717, 1.165) is 21.2 Å². The quantitative estimate of drug-likeness (QED) is 0.205. The third kappa shape index (κ3) is 5.86. The van der Waals surface area contributed by atoms with Gasteiger partial charge in [0.2, 0.25) is 5.82 Å². The molecule has 2 heterocycles. The third-order valence-corrected chi connectivity index (χ3v) is 7.20. The molecule has 40 heavy (non-hydrogen) atoms. The number of carbonyl (C=O) groups excluding carboxylic acids is 1. The summed E-state index contributed by atoms with van der Waals surface area (Å²) in [5.41, 5.74) is 4.00. The molecule has 3 aromatic carbocycles. The first-order valence-electron chi connectivity index (χ1n) is 12.3. The van der Waals surface area contributed by atoms with Gasteiger partial charge in [-0.15, -0.1) is 0 Å². The van der Waals surface area contributed by atoms with Gasteiger partial charge in [0.15, 0.2) is 5.76 Å². The molecule has 0 saturated heterocycles. The van der Waals surface area contributed by atoms with Gasteiger partial charge in [-0.25, -0.2) is 9.18 Å². The van der Waals surface area contributed by atoms with Gasteiger partial charge in [-0.2, -0.15) is 4.98 Å². The standard InChI is InChI=1S/C30H23BrFN3O5/c1-16-3-6-19(7-4-16)25-11-12-26(39-25)28(36)33-24(30(37)38)15-18-5-9-21(23(32)14-18)27-34-29(40-35-27)20-8-10-22(31)17(2)13-20/h3-14,24H,15H2,1-2H3,(H,33,36)(H,37,38). The Hall–Kier alpha value is -4.57. The molecule has 0 fully saturated rings. The van der Waals surface area contributed by atoms with Crippen LogP contribution in [0.1, 0.15) is 27.2 Å². The van der Waals surface area contributed by atoms with Crippen molar-refractivity contribution in [1.29, 1.82) is 0 Å². The fraction of sp³-hybridized carbons (Fsp3) is 0.133. The van der Waals surface area contributed by atoms with Gasteiger partial charge in [-0.1, -0.05) is 57.0 Å².